The molecular weight excluding hydrogens is 172 g/mol. The number of carbonyl (C=O) groups is 2. The summed E-state index contributed by atoms with van der Waals surface area (Å²) >= 11 is 0. The van der Waals surface area contributed by atoms with Crippen molar-refractivity contribution in [3.8, 4) is 0 Å². The maximum Gasteiger partial charge on any atom is 0.251 e. The first-order valence-electron chi connectivity index (χ1n) is 4.12. The molecule has 1 unspecified atom stereocenters. The van der Waals surface area contributed by atoms with Gasteiger partial charge in [0, 0.05) is 27.1 Å². The second kappa shape index (κ2) is 3.74. The summed E-state index contributed by atoms with van der Waals surface area (Å²) < 4.78 is 0. The van der Waals surface area contributed by atoms with Gasteiger partial charge < -0.3 is 4.90 Å². The van der Waals surface area contributed by atoms with Gasteiger partial charge in [-0.1, -0.05) is 0 Å². The normalized spacial score (nSPS) is 22.2. The van der Waals surface area contributed by atoms with Gasteiger partial charge in [-0.05, 0) is 0 Å². The van der Waals surface area contributed by atoms with Gasteiger partial charge in [-0.3, -0.25) is 14.4 Å². The number of likely N-dealkylation sites (tertiary alicyclic amines) is 1. The molecule has 0 aromatic rings. The summed E-state index contributed by atoms with van der Waals surface area (Å²) in [5.74, 6) is -0.370. The van der Waals surface area contributed by atoms with Gasteiger partial charge in [0.2, 0.25) is 5.91 Å². The number of amides is 2. The van der Waals surface area contributed by atoms with Crippen LogP contribution >= 0.6 is 0 Å². The molecule has 2 amide bonds. The van der Waals surface area contributed by atoms with Crippen molar-refractivity contribution in [3.63, 3.8) is 0 Å². The molecule has 74 valence electrons. The molecule has 0 aromatic carbocycles. The van der Waals surface area contributed by atoms with Crippen molar-refractivity contribution in [3.05, 3.63) is 0 Å². The third-order valence-corrected chi connectivity index (χ3v) is 2.27. The molecule has 13 heavy (non-hydrogen) atoms. The Hall–Kier alpha value is -1.10. The molecule has 1 aliphatic heterocycles. The summed E-state index contributed by atoms with van der Waals surface area (Å²) in [5.41, 5.74) is 0. The van der Waals surface area contributed by atoms with Crippen molar-refractivity contribution in [2.75, 3.05) is 27.7 Å². The molecule has 1 rings (SSSR count). The average molecular weight is 186 g/mol. The first-order chi connectivity index (χ1) is 6.06. The van der Waals surface area contributed by atoms with E-state index in [1.807, 2.05) is 0 Å². The number of rotatable bonds is 2. The van der Waals surface area contributed by atoms with Gasteiger partial charge in [0.05, 0.1) is 13.0 Å². The van der Waals surface area contributed by atoms with Crippen molar-refractivity contribution in [2.45, 2.75) is 6.42 Å². The summed E-state index contributed by atoms with van der Waals surface area (Å²) in [4.78, 5) is 28.9. The third kappa shape index (κ3) is 1.98. The third-order valence-electron chi connectivity index (χ3n) is 2.27. The van der Waals surface area contributed by atoms with Gasteiger partial charge in [-0.2, -0.15) is 0 Å². The van der Waals surface area contributed by atoms with Gasteiger partial charge in [0.25, 0.3) is 5.91 Å². The summed E-state index contributed by atoms with van der Waals surface area (Å²) in [6.07, 6.45) is 0.295. The van der Waals surface area contributed by atoms with Gasteiger partial charge in [-0.15, -0.1) is 0 Å². The predicted molar refractivity (Wildman–Crippen MR) is 45.5 cm³/mol. The van der Waals surface area contributed by atoms with Gasteiger partial charge in [0.1, 0.15) is 0 Å². The molecule has 0 aliphatic carbocycles. The van der Waals surface area contributed by atoms with Crippen LogP contribution in [0.25, 0.3) is 0 Å². The van der Waals surface area contributed by atoms with Crippen LogP contribution < -0.4 is 0 Å². The fourth-order valence-corrected chi connectivity index (χ4v) is 1.38. The van der Waals surface area contributed by atoms with E-state index in [1.165, 1.54) is 7.11 Å². The highest BCUT2D eigenvalue weighted by atomic mass is 16.7. The van der Waals surface area contributed by atoms with Crippen LogP contribution in [0.15, 0.2) is 0 Å². The van der Waals surface area contributed by atoms with E-state index in [1.54, 1.807) is 19.0 Å². The molecule has 0 spiro atoms. The van der Waals surface area contributed by atoms with E-state index in [-0.39, 0.29) is 17.7 Å². The highest BCUT2D eigenvalue weighted by molar-refractivity contribution is 5.88. The molecule has 1 heterocycles. The van der Waals surface area contributed by atoms with Crippen molar-refractivity contribution in [1.82, 2.24) is 9.96 Å². The van der Waals surface area contributed by atoms with Crippen LogP contribution in [0.2, 0.25) is 0 Å². The minimum atomic E-state index is -0.248. The maximum atomic E-state index is 11.5. The Morgan fingerprint density at radius 2 is 2.31 bits per heavy atom. The molecule has 0 saturated carbocycles. The first-order valence-corrected chi connectivity index (χ1v) is 4.12. The van der Waals surface area contributed by atoms with E-state index in [2.05, 4.69) is 0 Å². The summed E-state index contributed by atoms with van der Waals surface area (Å²) in [6.45, 7) is 0.491. The zero-order valence-electron chi connectivity index (χ0n) is 8.11. The lowest BCUT2D eigenvalue weighted by Crippen LogP contribution is -2.33. The Morgan fingerprint density at radius 1 is 1.69 bits per heavy atom. The van der Waals surface area contributed by atoms with Crippen molar-refractivity contribution in [1.29, 1.82) is 0 Å². The molecule has 1 fully saturated rings. The quantitative estimate of drug-likeness (QED) is 0.545. The Kier molecular flexibility index (Phi) is 2.87. The second-order valence-electron chi connectivity index (χ2n) is 3.19. The average Bonchev–Trinajstić information content (AvgIpc) is 2.44. The Balaban J connectivity index is 2.55. The smallest absolute Gasteiger partial charge is 0.251 e. The van der Waals surface area contributed by atoms with E-state index < -0.39 is 0 Å². The lowest BCUT2D eigenvalue weighted by atomic mass is 10.1. The summed E-state index contributed by atoms with van der Waals surface area (Å²) in [6, 6.07) is 0. The first kappa shape index (κ1) is 9.98. The van der Waals surface area contributed by atoms with Crippen LogP contribution in [0.1, 0.15) is 6.42 Å². The van der Waals surface area contributed by atoms with Crippen molar-refractivity contribution >= 4 is 11.8 Å². The number of hydrogen-bond acceptors (Lipinski definition) is 3. The zero-order chi connectivity index (χ0) is 10.0. The van der Waals surface area contributed by atoms with Crippen LogP contribution in [-0.2, 0) is 14.4 Å². The number of hydrogen-bond donors (Lipinski definition) is 0. The van der Waals surface area contributed by atoms with Crippen molar-refractivity contribution in [2.24, 2.45) is 5.92 Å². The predicted octanol–water partition coefficient (Wildman–Crippen LogP) is -0.516. The molecule has 0 aromatic heterocycles. The van der Waals surface area contributed by atoms with E-state index in [0.29, 0.717) is 13.0 Å². The molecule has 5 heteroatoms. The summed E-state index contributed by atoms with van der Waals surface area (Å²) in [5, 5.41) is 1.16. The fourth-order valence-electron chi connectivity index (χ4n) is 1.38. The number of nitrogens with zero attached hydrogens (tertiary/aromatic N) is 2. The van der Waals surface area contributed by atoms with Crippen molar-refractivity contribution < 1.29 is 14.4 Å². The molecule has 0 bridgehead atoms. The molecule has 0 N–H and O–H groups in total. The van der Waals surface area contributed by atoms with E-state index in [0.717, 1.165) is 5.06 Å². The maximum absolute atomic E-state index is 11.5. The standard InChI is InChI=1S/C8H14N2O3/c1-9-5-6(4-7(9)11)8(12)10(2)13-3/h6H,4-5H2,1-3H3. The van der Waals surface area contributed by atoms with Gasteiger partial charge in [-0.25, -0.2) is 5.06 Å². The van der Waals surface area contributed by atoms with E-state index in [4.69, 9.17) is 4.84 Å². The molecule has 1 saturated heterocycles. The SMILES string of the molecule is CON(C)C(=O)C1CC(=O)N(C)C1. The zero-order valence-corrected chi connectivity index (χ0v) is 8.11. The van der Waals surface area contributed by atoms with Gasteiger partial charge >= 0.3 is 0 Å². The molecule has 1 atom stereocenters. The lowest BCUT2D eigenvalue weighted by molar-refractivity contribution is -0.173. The minimum absolute atomic E-state index is 0.0165. The topological polar surface area (TPSA) is 49.9 Å². The van der Waals surface area contributed by atoms with E-state index >= 15 is 0 Å². The summed E-state index contributed by atoms with van der Waals surface area (Å²) in [7, 11) is 4.67. The van der Waals surface area contributed by atoms with Crippen LogP contribution in [0.5, 0.6) is 0 Å². The molecule has 5 nitrogen and oxygen atoms in total. The minimum Gasteiger partial charge on any atom is -0.345 e. The number of hydroxylamine groups is 2. The van der Waals surface area contributed by atoms with Crippen LogP contribution in [0, 0.1) is 5.92 Å². The van der Waals surface area contributed by atoms with Crippen LogP contribution in [0.4, 0.5) is 0 Å². The monoisotopic (exact) mass is 186 g/mol. The fraction of sp³-hybridized carbons (Fsp3) is 0.750. The molecular formula is C8H14N2O3. The van der Waals surface area contributed by atoms with Crippen LogP contribution in [-0.4, -0.2) is 49.5 Å². The van der Waals surface area contributed by atoms with Gasteiger partial charge in [0.15, 0.2) is 0 Å². The largest absolute Gasteiger partial charge is 0.345 e. The Labute approximate surface area is 77.2 Å². The molecule has 0 radical (unpaired) electrons. The van der Waals surface area contributed by atoms with Crippen LogP contribution in [0.3, 0.4) is 0 Å². The second-order valence-corrected chi connectivity index (χ2v) is 3.19. The number of carbonyl (C=O) groups excluding carboxylic acids is 2. The van der Waals surface area contributed by atoms with E-state index in [9.17, 15) is 9.59 Å². The molecule has 1 aliphatic rings. The Morgan fingerprint density at radius 3 is 2.69 bits per heavy atom. The lowest BCUT2D eigenvalue weighted by Gasteiger charge is -2.17. The highest BCUT2D eigenvalue weighted by Crippen LogP contribution is 2.17. The highest BCUT2D eigenvalue weighted by Gasteiger charge is 2.33. The Bertz CT molecular complexity index is 229.